The summed E-state index contributed by atoms with van der Waals surface area (Å²) >= 11 is 5.60. The number of nitrogens with one attached hydrogen (secondary N) is 1. The van der Waals surface area contributed by atoms with E-state index in [1.54, 1.807) is 12.3 Å². The Kier molecular flexibility index (Phi) is 5.00. The van der Waals surface area contributed by atoms with Crippen molar-refractivity contribution in [2.24, 2.45) is 0 Å². The highest BCUT2D eigenvalue weighted by molar-refractivity contribution is 6.30. The van der Waals surface area contributed by atoms with Gasteiger partial charge in [0.1, 0.15) is 11.6 Å². The van der Waals surface area contributed by atoms with E-state index in [4.69, 9.17) is 11.6 Å². The molecule has 2 aromatic rings. The minimum atomic E-state index is -0.813. The molecule has 0 bridgehead atoms. The highest BCUT2D eigenvalue weighted by atomic mass is 35.5. The fraction of sp³-hybridized carbons (Fsp3) is 0.286. The zero-order valence-electron chi connectivity index (χ0n) is 11.0. The highest BCUT2D eigenvalue weighted by Crippen LogP contribution is 2.19. The average Bonchev–Trinajstić information content (AvgIpc) is 2.42. The van der Waals surface area contributed by atoms with E-state index < -0.39 is 11.9 Å². The van der Waals surface area contributed by atoms with Crippen LogP contribution in [-0.2, 0) is 6.54 Å². The van der Waals surface area contributed by atoms with Crippen molar-refractivity contribution in [2.75, 3.05) is 6.54 Å². The van der Waals surface area contributed by atoms with Gasteiger partial charge in [-0.1, -0.05) is 17.7 Å². The molecule has 2 rings (SSSR count). The van der Waals surface area contributed by atoms with Crippen LogP contribution in [0.4, 0.5) is 4.39 Å². The number of rotatable bonds is 5. The lowest BCUT2D eigenvalue weighted by molar-refractivity contribution is 0.173. The van der Waals surface area contributed by atoms with E-state index in [1.165, 1.54) is 12.1 Å². The molecule has 2 N–H and O–H groups in total. The van der Waals surface area contributed by atoms with Crippen LogP contribution < -0.4 is 5.32 Å². The summed E-state index contributed by atoms with van der Waals surface area (Å²) in [5.41, 5.74) is 1.36. The predicted octanol–water partition coefficient (Wildman–Crippen LogP) is 2.40. The predicted molar refractivity (Wildman–Crippen MR) is 74.8 cm³/mol. The number of aryl methyl sites for hydroxylation is 1. The van der Waals surface area contributed by atoms with Crippen LogP contribution in [0.5, 0.6) is 0 Å². The van der Waals surface area contributed by atoms with Gasteiger partial charge in [0.2, 0.25) is 0 Å². The SMILES string of the molecule is Cc1ccnc(CNCC(O)c2ccc(Cl)c(F)c2)n1. The molecular formula is C14H15ClFN3O. The molecule has 1 atom stereocenters. The standard InChI is InChI=1S/C14H15ClFN3O/c1-9-4-5-18-14(19-9)8-17-7-13(20)10-2-3-11(15)12(16)6-10/h2-6,13,17,20H,7-8H2,1H3. The number of hydrogen-bond donors (Lipinski definition) is 2. The lowest BCUT2D eigenvalue weighted by Gasteiger charge is -2.12. The normalized spacial score (nSPS) is 12.4. The molecule has 4 nitrogen and oxygen atoms in total. The molecule has 106 valence electrons. The lowest BCUT2D eigenvalue weighted by atomic mass is 10.1. The Balaban J connectivity index is 1.88. The summed E-state index contributed by atoms with van der Waals surface area (Å²) in [6.07, 6.45) is 0.872. The van der Waals surface area contributed by atoms with Crippen molar-refractivity contribution in [1.82, 2.24) is 15.3 Å². The molecule has 0 fully saturated rings. The number of aromatic nitrogens is 2. The van der Waals surface area contributed by atoms with E-state index in [1.807, 2.05) is 13.0 Å². The van der Waals surface area contributed by atoms with Gasteiger partial charge in [-0.2, -0.15) is 0 Å². The van der Waals surface area contributed by atoms with Crippen LogP contribution in [0.2, 0.25) is 5.02 Å². The molecule has 0 saturated carbocycles. The Bertz CT molecular complexity index is 594. The number of aliphatic hydroxyl groups excluding tert-OH is 1. The Hall–Kier alpha value is -1.56. The van der Waals surface area contributed by atoms with Gasteiger partial charge in [-0.05, 0) is 30.7 Å². The summed E-state index contributed by atoms with van der Waals surface area (Å²) in [5, 5.41) is 13.0. The Labute approximate surface area is 121 Å². The molecule has 0 aliphatic heterocycles. The molecule has 6 heteroatoms. The van der Waals surface area contributed by atoms with Crippen LogP contribution in [-0.4, -0.2) is 21.6 Å². The summed E-state index contributed by atoms with van der Waals surface area (Å²) in [7, 11) is 0. The molecule has 0 amide bonds. The third kappa shape index (κ3) is 3.96. The Morgan fingerprint density at radius 1 is 1.40 bits per heavy atom. The minimum absolute atomic E-state index is 0.0436. The Morgan fingerprint density at radius 2 is 2.20 bits per heavy atom. The second-order valence-corrected chi connectivity index (χ2v) is 4.84. The number of aliphatic hydroxyl groups is 1. The van der Waals surface area contributed by atoms with E-state index in [0.717, 1.165) is 5.69 Å². The molecule has 0 aliphatic carbocycles. The van der Waals surface area contributed by atoms with Crippen LogP contribution in [0, 0.1) is 12.7 Å². The fourth-order valence-corrected chi connectivity index (χ4v) is 1.86. The quantitative estimate of drug-likeness (QED) is 0.889. The number of benzene rings is 1. The van der Waals surface area contributed by atoms with Crippen molar-refractivity contribution in [3.63, 3.8) is 0 Å². The van der Waals surface area contributed by atoms with Gasteiger partial charge in [0.05, 0.1) is 17.7 Å². The van der Waals surface area contributed by atoms with E-state index in [0.29, 0.717) is 17.9 Å². The first-order valence-corrected chi connectivity index (χ1v) is 6.56. The van der Waals surface area contributed by atoms with Gasteiger partial charge < -0.3 is 10.4 Å². The van der Waals surface area contributed by atoms with Crippen LogP contribution in [0.3, 0.4) is 0 Å². The molecular weight excluding hydrogens is 281 g/mol. The van der Waals surface area contributed by atoms with E-state index in [-0.39, 0.29) is 11.6 Å². The first-order valence-electron chi connectivity index (χ1n) is 6.18. The summed E-state index contributed by atoms with van der Waals surface area (Å²) in [4.78, 5) is 8.34. The average molecular weight is 296 g/mol. The maximum absolute atomic E-state index is 13.3. The molecule has 1 heterocycles. The number of halogens is 2. The topological polar surface area (TPSA) is 58.0 Å². The van der Waals surface area contributed by atoms with Crippen molar-refractivity contribution >= 4 is 11.6 Å². The zero-order valence-corrected chi connectivity index (χ0v) is 11.7. The zero-order chi connectivity index (χ0) is 14.5. The molecule has 0 radical (unpaired) electrons. The molecule has 1 unspecified atom stereocenters. The number of nitrogens with zero attached hydrogens (tertiary/aromatic N) is 2. The van der Waals surface area contributed by atoms with Crippen molar-refractivity contribution in [3.8, 4) is 0 Å². The first kappa shape index (κ1) is 14.8. The second kappa shape index (κ2) is 6.74. The number of hydrogen-bond acceptors (Lipinski definition) is 4. The monoisotopic (exact) mass is 295 g/mol. The Morgan fingerprint density at radius 3 is 2.90 bits per heavy atom. The van der Waals surface area contributed by atoms with E-state index in [9.17, 15) is 9.50 Å². The van der Waals surface area contributed by atoms with E-state index >= 15 is 0 Å². The van der Waals surface area contributed by atoms with Crippen LogP contribution >= 0.6 is 11.6 Å². The third-order valence-electron chi connectivity index (χ3n) is 2.79. The van der Waals surface area contributed by atoms with Gasteiger partial charge in [0.25, 0.3) is 0 Å². The summed E-state index contributed by atoms with van der Waals surface area (Å²) in [6, 6.07) is 6.08. The molecule has 0 spiro atoms. The fourth-order valence-electron chi connectivity index (χ4n) is 1.74. The van der Waals surface area contributed by atoms with Crippen molar-refractivity contribution in [1.29, 1.82) is 0 Å². The largest absolute Gasteiger partial charge is 0.387 e. The second-order valence-electron chi connectivity index (χ2n) is 4.43. The maximum atomic E-state index is 13.3. The molecule has 20 heavy (non-hydrogen) atoms. The van der Waals surface area contributed by atoms with Crippen molar-refractivity contribution < 1.29 is 9.50 Å². The third-order valence-corrected chi connectivity index (χ3v) is 3.10. The van der Waals surface area contributed by atoms with Gasteiger partial charge in [0, 0.05) is 18.4 Å². The molecule has 0 saturated heterocycles. The molecule has 1 aromatic carbocycles. The lowest BCUT2D eigenvalue weighted by Crippen LogP contribution is -2.22. The van der Waals surface area contributed by atoms with Crippen LogP contribution in [0.25, 0.3) is 0 Å². The van der Waals surface area contributed by atoms with Gasteiger partial charge in [0.15, 0.2) is 0 Å². The summed E-state index contributed by atoms with van der Waals surface area (Å²) in [5.74, 6) is 0.115. The van der Waals surface area contributed by atoms with Gasteiger partial charge >= 0.3 is 0 Å². The van der Waals surface area contributed by atoms with Crippen molar-refractivity contribution in [2.45, 2.75) is 19.6 Å². The first-order chi connectivity index (χ1) is 9.56. The van der Waals surface area contributed by atoms with Gasteiger partial charge in [-0.25, -0.2) is 14.4 Å². The molecule has 1 aromatic heterocycles. The van der Waals surface area contributed by atoms with Crippen molar-refractivity contribution in [3.05, 3.63) is 58.4 Å². The summed E-state index contributed by atoms with van der Waals surface area (Å²) < 4.78 is 13.3. The maximum Gasteiger partial charge on any atom is 0.142 e. The molecule has 0 aliphatic rings. The summed E-state index contributed by atoms with van der Waals surface area (Å²) in [6.45, 7) is 2.60. The van der Waals surface area contributed by atoms with Crippen LogP contribution in [0.15, 0.2) is 30.5 Å². The minimum Gasteiger partial charge on any atom is -0.387 e. The smallest absolute Gasteiger partial charge is 0.142 e. The van der Waals surface area contributed by atoms with Crippen LogP contribution in [0.1, 0.15) is 23.2 Å². The van der Waals surface area contributed by atoms with Gasteiger partial charge in [-0.3, -0.25) is 0 Å². The van der Waals surface area contributed by atoms with Gasteiger partial charge in [-0.15, -0.1) is 0 Å². The van der Waals surface area contributed by atoms with E-state index in [2.05, 4.69) is 15.3 Å². The highest BCUT2D eigenvalue weighted by Gasteiger charge is 2.10.